The summed E-state index contributed by atoms with van der Waals surface area (Å²) < 4.78 is 12.3. The van der Waals surface area contributed by atoms with Crippen LogP contribution in [-0.2, 0) is 4.74 Å². The molecule has 0 fully saturated rings. The summed E-state index contributed by atoms with van der Waals surface area (Å²) in [6.07, 6.45) is 13.4. The van der Waals surface area contributed by atoms with Gasteiger partial charge in [-0.05, 0) is 6.04 Å². The number of hydrogen-bond donors (Lipinski definition) is 2. The Morgan fingerprint density at radius 2 is 1.50 bits per heavy atom. The van der Waals surface area contributed by atoms with Gasteiger partial charge >= 0.3 is 190 Å². The van der Waals surface area contributed by atoms with E-state index in [1.54, 1.807) is 0 Å². The van der Waals surface area contributed by atoms with Crippen LogP contribution in [0.3, 0.4) is 0 Å². The minimum absolute atomic E-state index is 0.107. The predicted molar refractivity (Wildman–Crippen MR) is 164 cm³/mol. The molecule has 0 aromatic heterocycles. The predicted octanol–water partition coefficient (Wildman–Crippen LogP) is 8.88. The fourth-order valence-corrected chi connectivity index (χ4v) is 19.6. The van der Waals surface area contributed by atoms with Gasteiger partial charge in [0, 0.05) is 8.07 Å². The number of alkyl carbamates (subject to hydrolysis) is 1. The van der Waals surface area contributed by atoms with E-state index in [0.29, 0.717) is 13.2 Å². The molecule has 4 nitrogen and oxygen atoms in total. The summed E-state index contributed by atoms with van der Waals surface area (Å²) in [7, 11) is -1.20. The Morgan fingerprint density at radius 1 is 0.972 bits per heavy atom. The van der Waals surface area contributed by atoms with Crippen molar-refractivity contribution in [1.82, 2.24) is 5.32 Å². The fraction of sp³-hybridized carbons (Fsp3) is 0.767. The van der Waals surface area contributed by atoms with Gasteiger partial charge in [-0.15, -0.1) is 0 Å². The number of rotatable bonds is 19. The van der Waals surface area contributed by atoms with Crippen LogP contribution in [0, 0.1) is 5.92 Å². The number of carbonyl (C=O) groups excluding carboxylic acids is 1. The van der Waals surface area contributed by atoms with Gasteiger partial charge in [0.1, 0.15) is 0 Å². The zero-order valence-corrected chi connectivity index (χ0v) is 29.1. The zero-order chi connectivity index (χ0) is 27.6. The molecule has 0 aromatic rings. The van der Waals surface area contributed by atoms with Crippen molar-refractivity contribution in [3.8, 4) is 0 Å². The second-order valence-electron chi connectivity index (χ2n) is 12.1. The van der Waals surface area contributed by atoms with E-state index in [1.165, 1.54) is 51.8 Å². The molecule has 0 unspecified atom stereocenters. The first-order chi connectivity index (χ1) is 16.9. The third-order valence-electron chi connectivity index (χ3n) is 7.03. The van der Waals surface area contributed by atoms with E-state index < -0.39 is 32.6 Å². The van der Waals surface area contributed by atoms with Crippen LogP contribution in [0.1, 0.15) is 80.1 Å². The quantitative estimate of drug-likeness (QED) is 0.111. The molecule has 0 aromatic carbocycles. The molecule has 210 valence electrons. The topological polar surface area (TPSA) is 58.6 Å². The first kappa shape index (κ1) is 35.5. The van der Waals surface area contributed by atoms with Gasteiger partial charge in [0.25, 0.3) is 0 Å². The molecule has 0 spiro atoms. The van der Waals surface area contributed by atoms with Gasteiger partial charge in [0.15, 0.2) is 0 Å². The van der Waals surface area contributed by atoms with Gasteiger partial charge in [-0.2, -0.15) is 0 Å². The van der Waals surface area contributed by atoms with Crippen molar-refractivity contribution in [1.29, 1.82) is 0 Å². The van der Waals surface area contributed by atoms with E-state index in [0.717, 1.165) is 17.2 Å². The Hall–Kier alpha value is -0.534. The average molecular weight is 629 g/mol. The van der Waals surface area contributed by atoms with Crippen molar-refractivity contribution < 1.29 is 14.6 Å². The first-order valence-corrected chi connectivity index (χ1v) is 25.9. The molecule has 0 aliphatic rings. The summed E-state index contributed by atoms with van der Waals surface area (Å²) >= 11 is -2.33. The van der Waals surface area contributed by atoms with E-state index in [4.69, 9.17) is 4.74 Å². The van der Waals surface area contributed by atoms with Crippen molar-refractivity contribution in [2.24, 2.45) is 5.92 Å². The number of unbranched alkanes of at least 4 members (excludes halogenated alkanes) is 3. The zero-order valence-electron chi connectivity index (χ0n) is 25.2. The maximum atomic E-state index is 11.9. The number of allylic oxidation sites excluding steroid dienone is 2. The normalized spacial score (nSPS) is 15.3. The van der Waals surface area contributed by atoms with Crippen molar-refractivity contribution in [3.05, 3.63) is 33.5 Å². The number of carbonyl (C=O) groups is 1. The number of aliphatic hydroxyl groups excluding tert-OH is 1. The van der Waals surface area contributed by atoms with E-state index in [2.05, 4.69) is 62.8 Å². The summed E-state index contributed by atoms with van der Waals surface area (Å²) in [4.78, 5) is 11.9. The fourth-order valence-electron chi connectivity index (χ4n) is 4.23. The Balaban J connectivity index is 5.07. The summed E-state index contributed by atoms with van der Waals surface area (Å²) in [6, 6.07) is 0.975. The van der Waals surface area contributed by atoms with Gasteiger partial charge in [0.05, 0.1) is 6.61 Å². The summed E-state index contributed by atoms with van der Waals surface area (Å²) in [5.74, 6) is 0.107. The Labute approximate surface area is 229 Å². The van der Waals surface area contributed by atoms with Gasteiger partial charge in [0.2, 0.25) is 0 Å². The minimum atomic E-state index is -2.33. The molecular formula is C30H59NO3SiSn. The van der Waals surface area contributed by atoms with Crippen LogP contribution >= 0.6 is 0 Å². The van der Waals surface area contributed by atoms with Crippen molar-refractivity contribution in [2.45, 2.75) is 125 Å². The van der Waals surface area contributed by atoms with E-state index >= 15 is 0 Å². The molecule has 0 heterocycles. The molecule has 0 saturated carbocycles. The SMILES string of the molecule is CCC[CH2][Sn](/[CH]=C/[C@H](C)[C@H](O)/C(C)=C/C=C(\C)CNC(=O)OCC[Si](C)(C)C)([CH2]CCC)[CH2]CCC. The van der Waals surface area contributed by atoms with Crippen LogP contribution in [0.4, 0.5) is 4.79 Å². The third-order valence-corrected chi connectivity index (χ3v) is 22.9. The number of hydrogen-bond acceptors (Lipinski definition) is 3. The molecule has 6 heteroatoms. The molecule has 0 aliphatic heterocycles. The molecule has 0 aliphatic carbocycles. The standard InChI is InChI=1S/C18H32NO3Si.3C4H9.Sn/c1-8-15(3)17(20)16(4)10-9-14(2)13-19-18(21)22-11-12-23(5,6)7;3*1-3-4-2;/h1,8-10,15,17,20H,11-13H2,2-7H3,(H,19,21);3*1,3-4H2,2H3;/b8-1?,14-9+,16-10+;;;;/t15-,17-;;;;/m0..../s1. The Kier molecular flexibility index (Phi) is 19.2. The van der Waals surface area contributed by atoms with Crippen LogP contribution in [0.15, 0.2) is 33.5 Å². The van der Waals surface area contributed by atoms with Crippen LogP contribution in [-0.4, -0.2) is 56.9 Å². The second-order valence-corrected chi connectivity index (χ2v) is 30.7. The molecule has 2 N–H and O–H groups in total. The number of aliphatic hydroxyl groups is 1. The van der Waals surface area contributed by atoms with Crippen molar-refractivity contribution in [2.75, 3.05) is 13.2 Å². The molecule has 0 radical (unpaired) electrons. The van der Waals surface area contributed by atoms with E-state index in [9.17, 15) is 9.90 Å². The molecule has 0 bridgehead atoms. The molecule has 1 amide bonds. The molecule has 2 atom stereocenters. The van der Waals surface area contributed by atoms with Crippen molar-refractivity contribution >= 4 is 32.5 Å². The number of nitrogens with one attached hydrogen (secondary N) is 1. The van der Waals surface area contributed by atoms with Crippen molar-refractivity contribution in [3.63, 3.8) is 0 Å². The van der Waals surface area contributed by atoms with E-state index in [1.807, 2.05) is 26.0 Å². The second kappa shape index (κ2) is 19.5. The van der Waals surface area contributed by atoms with Gasteiger partial charge < -0.3 is 0 Å². The van der Waals surface area contributed by atoms with Crippen LogP contribution in [0.25, 0.3) is 0 Å². The van der Waals surface area contributed by atoms with Gasteiger partial charge in [-0.1, -0.05) is 19.6 Å². The van der Waals surface area contributed by atoms with Crippen LogP contribution in [0.2, 0.25) is 39.0 Å². The van der Waals surface area contributed by atoms with Gasteiger partial charge in [-0.3, -0.25) is 0 Å². The molecular weight excluding hydrogens is 569 g/mol. The summed E-state index contributed by atoms with van der Waals surface area (Å²) in [5.41, 5.74) is 1.99. The number of ether oxygens (including phenoxy) is 1. The molecule has 0 rings (SSSR count). The van der Waals surface area contributed by atoms with E-state index in [-0.39, 0.29) is 12.0 Å². The Morgan fingerprint density at radius 3 is 1.97 bits per heavy atom. The number of amides is 1. The average Bonchev–Trinajstić information content (AvgIpc) is 2.83. The summed E-state index contributed by atoms with van der Waals surface area (Å²) in [5, 5.41) is 13.8. The molecule has 36 heavy (non-hydrogen) atoms. The third kappa shape index (κ3) is 17.1. The van der Waals surface area contributed by atoms with Gasteiger partial charge in [-0.25, -0.2) is 0 Å². The monoisotopic (exact) mass is 629 g/mol. The summed E-state index contributed by atoms with van der Waals surface area (Å²) in [6.45, 7) is 20.8. The molecule has 0 saturated heterocycles. The van der Waals surface area contributed by atoms with Crippen LogP contribution < -0.4 is 5.32 Å². The van der Waals surface area contributed by atoms with Crippen LogP contribution in [0.5, 0.6) is 0 Å². The maximum absolute atomic E-state index is 11.9. The Bertz CT molecular complexity index is 675. The first-order valence-electron chi connectivity index (χ1n) is 14.5.